The Morgan fingerprint density at radius 2 is 1.88 bits per heavy atom. The Morgan fingerprint density at radius 1 is 1.18 bits per heavy atom. The van der Waals surface area contributed by atoms with Crippen molar-refractivity contribution in [2.75, 3.05) is 18.9 Å². The molecule has 15 heteroatoms. The molecule has 0 amide bonds. The first-order valence-corrected chi connectivity index (χ1v) is 10.8. The molecule has 3 aromatic heterocycles. The van der Waals surface area contributed by atoms with E-state index < -0.39 is 40.1 Å². The van der Waals surface area contributed by atoms with E-state index >= 15 is 0 Å². The van der Waals surface area contributed by atoms with Crippen LogP contribution >= 0.6 is 11.6 Å². The second-order valence-electron chi connectivity index (χ2n) is 6.24. The van der Waals surface area contributed by atoms with Crippen LogP contribution < -0.4 is 18.9 Å². The summed E-state index contributed by atoms with van der Waals surface area (Å²) < 4.78 is 73.2. The fourth-order valence-electron chi connectivity index (χ4n) is 3.05. The van der Waals surface area contributed by atoms with E-state index in [0.717, 1.165) is 14.2 Å². The number of nitrogens with zero attached hydrogens (tertiary/aromatic N) is 3. The molecule has 174 valence electrons. The fraction of sp³-hybridized carbons (Fsp3) is 0.167. The summed E-state index contributed by atoms with van der Waals surface area (Å²) in [6.45, 7) is -3.21. The Morgan fingerprint density at radius 3 is 2.45 bits per heavy atom. The maximum Gasteiger partial charge on any atom is 0.387 e. The van der Waals surface area contributed by atoms with Crippen LogP contribution in [-0.2, 0) is 10.0 Å². The standard InChI is InChI=1S/C18H14ClF2N5O6S/c1-29-15-14(32-17(20)21)16(30-2)25-18(24-15)26-33(27,28)11-6-23-13-8(11)3-4-9(19)12(13)10-5-22-7-31-10/h3-7,17,23H,1-2H3,(H,24,25,26). The van der Waals surface area contributed by atoms with Gasteiger partial charge in [0.05, 0.1) is 36.5 Å². The number of fused-ring (bicyclic) bond motifs is 1. The van der Waals surface area contributed by atoms with Crippen LogP contribution in [0.4, 0.5) is 14.7 Å². The Bertz CT molecular complexity index is 1390. The lowest BCUT2D eigenvalue weighted by atomic mass is 10.1. The van der Waals surface area contributed by atoms with Gasteiger partial charge in [-0.05, 0) is 12.1 Å². The van der Waals surface area contributed by atoms with Gasteiger partial charge < -0.3 is 23.6 Å². The Balaban J connectivity index is 1.77. The third kappa shape index (κ3) is 4.21. The van der Waals surface area contributed by atoms with Crippen LogP contribution in [0.25, 0.3) is 22.2 Å². The highest BCUT2D eigenvalue weighted by molar-refractivity contribution is 7.93. The number of halogens is 3. The van der Waals surface area contributed by atoms with E-state index in [9.17, 15) is 17.2 Å². The Labute approximate surface area is 189 Å². The molecule has 0 fully saturated rings. The van der Waals surface area contributed by atoms with Crippen molar-refractivity contribution in [3.8, 4) is 28.8 Å². The van der Waals surface area contributed by atoms with E-state index in [0.29, 0.717) is 21.9 Å². The summed E-state index contributed by atoms with van der Waals surface area (Å²) in [6.07, 6.45) is 3.89. The number of ether oxygens (including phenoxy) is 3. The maximum absolute atomic E-state index is 13.1. The van der Waals surface area contributed by atoms with E-state index in [-0.39, 0.29) is 10.3 Å². The van der Waals surface area contributed by atoms with Crippen molar-refractivity contribution in [3.63, 3.8) is 0 Å². The van der Waals surface area contributed by atoms with E-state index in [1.54, 1.807) is 0 Å². The van der Waals surface area contributed by atoms with E-state index in [4.69, 9.17) is 25.5 Å². The van der Waals surface area contributed by atoms with Crippen molar-refractivity contribution in [1.29, 1.82) is 0 Å². The quantitative estimate of drug-likeness (QED) is 0.369. The van der Waals surface area contributed by atoms with E-state index in [1.807, 2.05) is 0 Å². The van der Waals surface area contributed by atoms with Gasteiger partial charge in [0.1, 0.15) is 4.90 Å². The van der Waals surface area contributed by atoms with Gasteiger partial charge in [-0.15, -0.1) is 0 Å². The Kier molecular flexibility index (Phi) is 5.95. The SMILES string of the molecule is COc1nc(NS(=O)(=O)c2c[nH]c3c(-c4cnco4)c(Cl)ccc23)nc(OC)c1OC(F)F. The topological polar surface area (TPSA) is 141 Å². The monoisotopic (exact) mass is 501 g/mol. The summed E-state index contributed by atoms with van der Waals surface area (Å²) in [5.41, 5.74) is 0.803. The number of nitrogens with one attached hydrogen (secondary N) is 2. The molecule has 0 spiro atoms. The molecule has 33 heavy (non-hydrogen) atoms. The molecular formula is C18H14ClF2N5O6S. The molecule has 0 saturated carbocycles. The van der Waals surface area contributed by atoms with Gasteiger partial charge >= 0.3 is 6.61 Å². The van der Waals surface area contributed by atoms with Gasteiger partial charge in [0.15, 0.2) is 12.2 Å². The number of benzene rings is 1. The second kappa shape index (κ2) is 8.71. The van der Waals surface area contributed by atoms with Gasteiger partial charge in [-0.25, -0.2) is 18.1 Å². The molecule has 0 atom stereocenters. The molecule has 11 nitrogen and oxygen atoms in total. The average molecular weight is 502 g/mol. The van der Waals surface area contributed by atoms with Gasteiger partial charge in [-0.1, -0.05) is 11.6 Å². The molecule has 0 aliphatic rings. The number of H-pyrrole nitrogens is 1. The van der Waals surface area contributed by atoms with E-state index in [1.165, 1.54) is 30.9 Å². The highest BCUT2D eigenvalue weighted by Gasteiger charge is 2.26. The summed E-state index contributed by atoms with van der Waals surface area (Å²) in [6, 6.07) is 3.01. The molecule has 4 aromatic rings. The molecular weight excluding hydrogens is 488 g/mol. The molecule has 0 unspecified atom stereocenters. The number of aromatic amines is 1. The molecule has 0 radical (unpaired) electrons. The zero-order chi connectivity index (χ0) is 23.8. The fourth-order valence-corrected chi connectivity index (χ4v) is 4.41. The van der Waals surface area contributed by atoms with Crippen molar-refractivity contribution >= 4 is 38.5 Å². The summed E-state index contributed by atoms with van der Waals surface area (Å²) >= 11 is 6.28. The summed E-state index contributed by atoms with van der Waals surface area (Å²) in [4.78, 5) is 14.1. The minimum Gasteiger partial charge on any atom is -0.478 e. The number of alkyl halides is 2. The lowest BCUT2D eigenvalue weighted by Crippen LogP contribution is -2.16. The van der Waals surface area contributed by atoms with Crippen molar-refractivity contribution in [1.82, 2.24) is 19.9 Å². The molecule has 4 rings (SSSR count). The number of methoxy groups -OCH3 is 2. The molecule has 0 saturated heterocycles. The van der Waals surface area contributed by atoms with Crippen LogP contribution in [0.3, 0.4) is 0 Å². The first kappa shape index (κ1) is 22.5. The number of hydrogen-bond donors (Lipinski definition) is 2. The van der Waals surface area contributed by atoms with Crippen molar-refractivity contribution < 1.29 is 35.8 Å². The second-order valence-corrected chi connectivity index (χ2v) is 8.30. The lowest BCUT2D eigenvalue weighted by Gasteiger charge is -2.14. The summed E-state index contributed by atoms with van der Waals surface area (Å²) in [5.74, 6) is -1.67. The van der Waals surface area contributed by atoms with Crippen LogP contribution in [0.15, 0.2) is 40.2 Å². The van der Waals surface area contributed by atoms with Crippen LogP contribution in [0.2, 0.25) is 5.02 Å². The van der Waals surface area contributed by atoms with Crippen LogP contribution in [0, 0.1) is 0 Å². The molecule has 1 aromatic carbocycles. The van der Waals surface area contributed by atoms with Gasteiger partial charge in [0, 0.05) is 11.6 Å². The number of hydrogen-bond acceptors (Lipinski definition) is 9. The number of anilines is 1. The van der Waals surface area contributed by atoms with Crippen molar-refractivity contribution in [2.45, 2.75) is 11.5 Å². The molecule has 2 N–H and O–H groups in total. The molecule has 0 aliphatic carbocycles. The summed E-state index contributed by atoms with van der Waals surface area (Å²) in [7, 11) is -2.01. The zero-order valence-electron chi connectivity index (χ0n) is 16.8. The zero-order valence-corrected chi connectivity index (χ0v) is 18.4. The predicted octanol–water partition coefficient (Wildman–Crippen LogP) is 3.69. The Hall–Kier alpha value is -3.65. The first-order valence-electron chi connectivity index (χ1n) is 8.91. The van der Waals surface area contributed by atoms with E-state index in [2.05, 4.69) is 29.4 Å². The normalized spacial score (nSPS) is 11.7. The smallest absolute Gasteiger partial charge is 0.387 e. The molecule has 3 heterocycles. The number of rotatable bonds is 8. The van der Waals surface area contributed by atoms with Crippen molar-refractivity contribution in [2.24, 2.45) is 0 Å². The highest BCUT2D eigenvalue weighted by atomic mass is 35.5. The number of aromatic nitrogens is 4. The number of sulfonamides is 1. The minimum absolute atomic E-state index is 0.163. The van der Waals surface area contributed by atoms with Crippen molar-refractivity contribution in [3.05, 3.63) is 35.9 Å². The van der Waals surface area contributed by atoms with Crippen LogP contribution in [0.5, 0.6) is 17.5 Å². The molecule has 0 bridgehead atoms. The van der Waals surface area contributed by atoms with Gasteiger partial charge in [0.2, 0.25) is 11.7 Å². The minimum atomic E-state index is -4.28. The third-order valence-corrected chi connectivity index (χ3v) is 6.04. The first-order chi connectivity index (χ1) is 15.7. The van der Waals surface area contributed by atoms with Gasteiger partial charge in [-0.2, -0.15) is 18.7 Å². The highest BCUT2D eigenvalue weighted by Crippen LogP contribution is 2.39. The van der Waals surface area contributed by atoms with Crippen LogP contribution in [0.1, 0.15) is 0 Å². The third-order valence-electron chi connectivity index (χ3n) is 4.36. The largest absolute Gasteiger partial charge is 0.478 e. The lowest BCUT2D eigenvalue weighted by molar-refractivity contribution is -0.0533. The summed E-state index contributed by atoms with van der Waals surface area (Å²) in [5, 5.41) is 0.598. The molecule has 0 aliphatic heterocycles. The van der Waals surface area contributed by atoms with Gasteiger partial charge in [0.25, 0.3) is 21.8 Å². The van der Waals surface area contributed by atoms with Crippen LogP contribution in [-0.4, -0.2) is 49.2 Å². The van der Waals surface area contributed by atoms with Gasteiger partial charge in [-0.3, -0.25) is 0 Å². The maximum atomic E-state index is 13.1. The number of oxazole rings is 1. The predicted molar refractivity (Wildman–Crippen MR) is 111 cm³/mol. The average Bonchev–Trinajstić information content (AvgIpc) is 3.44.